The number of hydrogen-bond donors (Lipinski definition) is 0. The lowest BCUT2D eigenvalue weighted by molar-refractivity contribution is -0.135. The van der Waals surface area contributed by atoms with E-state index in [1.807, 2.05) is 41.6 Å². The number of ether oxygens (including phenoxy) is 2. The van der Waals surface area contributed by atoms with Gasteiger partial charge in [-0.15, -0.1) is 0 Å². The number of piperazine rings is 1. The number of fused-ring (bicyclic) bond motifs is 1. The summed E-state index contributed by atoms with van der Waals surface area (Å²) in [5, 5.41) is 0. The second kappa shape index (κ2) is 7.80. The highest BCUT2D eigenvalue weighted by atomic mass is 16.5. The van der Waals surface area contributed by atoms with Crippen LogP contribution in [-0.4, -0.2) is 59.1 Å². The van der Waals surface area contributed by atoms with E-state index in [9.17, 15) is 4.79 Å². The van der Waals surface area contributed by atoms with Crippen molar-refractivity contribution in [3.8, 4) is 11.5 Å². The smallest absolute Gasteiger partial charge is 0.260 e. The Morgan fingerprint density at radius 3 is 2.64 bits per heavy atom. The second-order valence-corrected chi connectivity index (χ2v) is 8.08. The van der Waals surface area contributed by atoms with Gasteiger partial charge in [0.15, 0.2) is 18.1 Å². The van der Waals surface area contributed by atoms with Crippen molar-refractivity contribution in [2.24, 2.45) is 0 Å². The summed E-state index contributed by atoms with van der Waals surface area (Å²) >= 11 is 0. The van der Waals surface area contributed by atoms with E-state index in [2.05, 4.69) is 29.8 Å². The molecule has 28 heavy (non-hydrogen) atoms. The number of hydrogen-bond acceptors (Lipinski definition) is 5. The van der Waals surface area contributed by atoms with Crippen molar-refractivity contribution in [3.63, 3.8) is 0 Å². The zero-order valence-corrected chi connectivity index (χ0v) is 16.6. The van der Waals surface area contributed by atoms with Crippen LogP contribution in [-0.2, 0) is 17.8 Å². The predicted molar refractivity (Wildman–Crippen MR) is 106 cm³/mol. The second-order valence-electron chi connectivity index (χ2n) is 8.08. The molecule has 1 amide bonds. The highest BCUT2D eigenvalue weighted by Crippen LogP contribution is 2.41. The van der Waals surface area contributed by atoms with E-state index in [1.165, 1.54) is 5.56 Å². The van der Waals surface area contributed by atoms with Crippen LogP contribution >= 0.6 is 0 Å². The molecular weight excluding hydrogens is 354 g/mol. The fourth-order valence-electron chi connectivity index (χ4n) is 3.83. The Labute approximate surface area is 166 Å². The van der Waals surface area contributed by atoms with Crippen molar-refractivity contribution in [2.45, 2.75) is 32.4 Å². The molecule has 0 bridgehead atoms. The molecule has 6 heteroatoms. The zero-order valence-electron chi connectivity index (χ0n) is 16.6. The molecule has 1 aromatic heterocycles. The van der Waals surface area contributed by atoms with Gasteiger partial charge in [-0.1, -0.05) is 12.1 Å². The summed E-state index contributed by atoms with van der Waals surface area (Å²) in [5.74, 6) is 1.47. The molecule has 2 aliphatic rings. The van der Waals surface area contributed by atoms with Crippen LogP contribution in [0.1, 0.15) is 25.0 Å². The third kappa shape index (κ3) is 4.28. The summed E-state index contributed by atoms with van der Waals surface area (Å²) in [6.45, 7) is 8.25. The Morgan fingerprint density at radius 2 is 1.89 bits per heavy atom. The van der Waals surface area contributed by atoms with Gasteiger partial charge < -0.3 is 14.4 Å². The number of carbonyl (C=O) groups is 1. The molecule has 0 N–H and O–H groups in total. The lowest BCUT2D eigenvalue weighted by Gasteiger charge is -2.34. The van der Waals surface area contributed by atoms with Crippen LogP contribution < -0.4 is 9.47 Å². The highest BCUT2D eigenvalue weighted by Gasteiger charge is 2.32. The average molecular weight is 381 g/mol. The molecule has 0 aliphatic carbocycles. The van der Waals surface area contributed by atoms with Crippen LogP contribution in [0.3, 0.4) is 0 Å². The van der Waals surface area contributed by atoms with Gasteiger partial charge in [0.1, 0.15) is 5.60 Å². The first kappa shape index (κ1) is 18.7. The fraction of sp³-hybridized carbons (Fsp3) is 0.455. The molecular formula is C22H27N3O3. The van der Waals surface area contributed by atoms with Crippen LogP contribution in [0.5, 0.6) is 11.5 Å². The largest absolute Gasteiger partial charge is 0.483 e. The quantitative estimate of drug-likeness (QED) is 0.797. The lowest BCUT2D eigenvalue weighted by Crippen LogP contribution is -2.49. The van der Waals surface area contributed by atoms with Crippen molar-refractivity contribution >= 4 is 5.91 Å². The monoisotopic (exact) mass is 381 g/mol. The van der Waals surface area contributed by atoms with Gasteiger partial charge in [0.25, 0.3) is 5.91 Å². The summed E-state index contributed by atoms with van der Waals surface area (Å²) in [6, 6.07) is 9.96. The summed E-state index contributed by atoms with van der Waals surface area (Å²) in [7, 11) is 0. The van der Waals surface area contributed by atoms with Gasteiger partial charge in [0.05, 0.1) is 0 Å². The molecule has 3 heterocycles. The molecule has 2 aromatic rings. The molecule has 1 aromatic carbocycles. The SMILES string of the molecule is CC1(C)Cc2cccc(OCC(=O)N3CCN(Cc4ccncc4)CC3)c2O1. The van der Waals surface area contributed by atoms with Crippen molar-refractivity contribution in [3.05, 3.63) is 53.9 Å². The van der Waals surface area contributed by atoms with E-state index in [4.69, 9.17) is 9.47 Å². The Morgan fingerprint density at radius 1 is 1.14 bits per heavy atom. The van der Waals surface area contributed by atoms with E-state index in [0.29, 0.717) is 5.75 Å². The molecule has 0 radical (unpaired) electrons. The molecule has 0 spiro atoms. The summed E-state index contributed by atoms with van der Waals surface area (Å²) in [6.07, 6.45) is 4.49. The topological polar surface area (TPSA) is 54.9 Å². The van der Waals surface area contributed by atoms with E-state index in [-0.39, 0.29) is 18.1 Å². The minimum absolute atomic E-state index is 0.0263. The molecule has 2 aliphatic heterocycles. The van der Waals surface area contributed by atoms with Crippen molar-refractivity contribution in [1.29, 1.82) is 0 Å². The summed E-state index contributed by atoms with van der Waals surface area (Å²) in [4.78, 5) is 20.9. The van der Waals surface area contributed by atoms with E-state index < -0.39 is 0 Å². The molecule has 0 saturated carbocycles. The van der Waals surface area contributed by atoms with Gasteiger partial charge in [0.2, 0.25) is 0 Å². The van der Waals surface area contributed by atoms with Crippen LogP contribution in [0.25, 0.3) is 0 Å². The van der Waals surface area contributed by atoms with E-state index in [0.717, 1.165) is 50.5 Å². The van der Waals surface area contributed by atoms with Gasteiger partial charge in [-0.25, -0.2) is 0 Å². The molecule has 148 valence electrons. The van der Waals surface area contributed by atoms with Gasteiger partial charge in [-0.2, -0.15) is 0 Å². The van der Waals surface area contributed by atoms with Crippen molar-refractivity contribution in [1.82, 2.24) is 14.8 Å². The van der Waals surface area contributed by atoms with Crippen molar-refractivity contribution < 1.29 is 14.3 Å². The molecule has 0 atom stereocenters. The maximum Gasteiger partial charge on any atom is 0.260 e. The predicted octanol–water partition coefficient (Wildman–Crippen LogP) is 2.52. The lowest BCUT2D eigenvalue weighted by atomic mass is 10.0. The number of carbonyl (C=O) groups excluding carboxylic acids is 1. The van der Waals surface area contributed by atoms with Crippen LogP contribution in [0, 0.1) is 0 Å². The molecule has 4 rings (SSSR count). The van der Waals surface area contributed by atoms with Crippen LogP contribution in [0.2, 0.25) is 0 Å². The van der Waals surface area contributed by atoms with Gasteiger partial charge in [-0.3, -0.25) is 14.7 Å². The standard InChI is InChI=1S/C22H27N3O3/c1-22(2)14-18-4-3-5-19(21(18)28-22)27-16-20(26)25-12-10-24(11-13-25)15-17-6-8-23-9-7-17/h3-9H,10-16H2,1-2H3. The van der Waals surface area contributed by atoms with Crippen LogP contribution in [0.4, 0.5) is 0 Å². The summed E-state index contributed by atoms with van der Waals surface area (Å²) < 4.78 is 11.9. The molecule has 6 nitrogen and oxygen atoms in total. The van der Waals surface area contributed by atoms with Crippen LogP contribution in [0.15, 0.2) is 42.7 Å². The fourth-order valence-corrected chi connectivity index (χ4v) is 3.83. The minimum Gasteiger partial charge on any atom is -0.483 e. The number of nitrogens with zero attached hydrogens (tertiary/aromatic N) is 3. The Kier molecular flexibility index (Phi) is 5.22. The highest BCUT2D eigenvalue weighted by molar-refractivity contribution is 5.78. The molecule has 1 fully saturated rings. The van der Waals surface area contributed by atoms with Crippen molar-refractivity contribution in [2.75, 3.05) is 32.8 Å². The first-order valence-corrected chi connectivity index (χ1v) is 9.83. The molecule has 1 saturated heterocycles. The average Bonchev–Trinajstić information content (AvgIpc) is 3.02. The first-order chi connectivity index (χ1) is 13.5. The zero-order chi connectivity index (χ0) is 19.6. The Bertz CT molecular complexity index is 830. The van der Waals surface area contributed by atoms with E-state index in [1.54, 1.807) is 0 Å². The van der Waals surface area contributed by atoms with Gasteiger partial charge in [0, 0.05) is 57.1 Å². The number of para-hydroxylation sites is 1. The number of pyridine rings is 1. The normalized spacial score (nSPS) is 18.4. The van der Waals surface area contributed by atoms with Gasteiger partial charge in [-0.05, 0) is 37.6 Å². The maximum absolute atomic E-state index is 12.6. The number of aromatic nitrogens is 1. The minimum atomic E-state index is -0.225. The maximum atomic E-state index is 12.6. The first-order valence-electron chi connectivity index (χ1n) is 9.83. The number of rotatable bonds is 5. The Hall–Kier alpha value is -2.60. The van der Waals surface area contributed by atoms with E-state index >= 15 is 0 Å². The Balaban J connectivity index is 1.28. The third-order valence-electron chi connectivity index (χ3n) is 5.29. The van der Waals surface area contributed by atoms with Gasteiger partial charge >= 0.3 is 0 Å². The number of benzene rings is 1. The third-order valence-corrected chi connectivity index (χ3v) is 5.29. The molecule has 0 unspecified atom stereocenters. The number of amides is 1. The summed E-state index contributed by atoms with van der Waals surface area (Å²) in [5.41, 5.74) is 2.16.